The molecule has 11 heteroatoms. The fraction of sp³-hybridized carbons (Fsp3) is 0.375. The van der Waals surface area contributed by atoms with E-state index in [0.717, 1.165) is 4.57 Å². The number of carbonyl (C=O) groups is 1. The molecule has 3 aromatic rings. The van der Waals surface area contributed by atoms with Gasteiger partial charge in [0, 0.05) is 6.54 Å². The van der Waals surface area contributed by atoms with Crippen molar-refractivity contribution in [3.05, 3.63) is 58.0 Å². The molecule has 1 heterocycles. The maximum atomic E-state index is 13.3. The number of amides is 1. The van der Waals surface area contributed by atoms with E-state index >= 15 is 0 Å². The lowest BCUT2D eigenvalue weighted by molar-refractivity contribution is -0.142. The van der Waals surface area contributed by atoms with Crippen LogP contribution in [0.1, 0.15) is 32.0 Å². The quantitative estimate of drug-likeness (QED) is 0.460. The zero-order valence-electron chi connectivity index (χ0n) is 19.6. The summed E-state index contributed by atoms with van der Waals surface area (Å²) in [4.78, 5) is 28.7. The molecule has 35 heavy (non-hydrogen) atoms. The lowest BCUT2D eigenvalue weighted by atomic mass is 10.1. The highest BCUT2D eigenvalue weighted by molar-refractivity contribution is 5.80. The molecule has 1 aromatic heterocycles. The number of hydrogen-bond donors (Lipinski definition) is 1. The first kappa shape index (κ1) is 25.9. The Balaban J connectivity index is 1.87. The van der Waals surface area contributed by atoms with Gasteiger partial charge in [-0.05, 0) is 50.6 Å². The number of ether oxygens (including phenoxy) is 3. The number of alkyl halides is 3. The predicted molar refractivity (Wildman–Crippen MR) is 123 cm³/mol. The summed E-state index contributed by atoms with van der Waals surface area (Å²) in [6, 6.07) is 9.22. The molecule has 0 spiro atoms. The summed E-state index contributed by atoms with van der Waals surface area (Å²) in [5.41, 5.74) is -2.25. The zero-order chi connectivity index (χ0) is 25.6. The summed E-state index contributed by atoms with van der Waals surface area (Å²) >= 11 is 0. The number of carbonyl (C=O) groups excluding carboxylic acids is 1. The molecule has 0 fully saturated rings. The number of rotatable bonds is 10. The maximum absolute atomic E-state index is 13.3. The van der Waals surface area contributed by atoms with Crippen LogP contribution in [-0.4, -0.2) is 35.3 Å². The molecule has 3 rings (SSSR count). The third-order valence-electron chi connectivity index (χ3n) is 4.88. The third kappa shape index (κ3) is 6.03. The molecule has 0 atom stereocenters. The van der Waals surface area contributed by atoms with Crippen LogP contribution in [-0.2, 0) is 24.1 Å². The second-order valence-electron chi connectivity index (χ2n) is 7.34. The van der Waals surface area contributed by atoms with Crippen LogP contribution >= 0.6 is 0 Å². The van der Waals surface area contributed by atoms with Crippen LogP contribution in [0.2, 0.25) is 0 Å². The Hall–Kier alpha value is -3.76. The third-order valence-corrected chi connectivity index (χ3v) is 4.88. The number of aromatic nitrogens is 2. The summed E-state index contributed by atoms with van der Waals surface area (Å²) < 4.78 is 57.8. The molecule has 0 aliphatic heterocycles. The molecule has 2 aromatic carbocycles. The second-order valence-corrected chi connectivity index (χ2v) is 7.34. The molecular formula is C24H26F3N3O5. The minimum absolute atomic E-state index is 0.0231. The molecule has 0 saturated heterocycles. The number of nitrogens with zero attached hydrogens (tertiary/aromatic N) is 2. The largest absolute Gasteiger partial charge is 0.490 e. The predicted octanol–water partition coefficient (Wildman–Crippen LogP) is 3.93. The van der Waals surface area contributed by atoms with E-state index in [-0.39, 0.29) is 17.6 Å². The second kappa shape index (κ2) is 11.1. The van der Waals surface area contributed by atoms with Gasteiger partial charge in [-0.2, -0.15) is 13.2 Å². The maximum Gasteiger partial charge on any atom is 0.438 e. The van der Waals surface area contributed by atoms with Crippen LogP contribution < -0.4 is 25.1 Å². The Kier molecular flexibility index (Phi) is 8.21. The fourth-order valence-electron chi connectivity index (χ4n) is 3.48. The van der Waals surface area contributed by atoms with Gasteiger partial charge in [0.25, 0.3) is 5.56 Å². The normalized spacial score (nSPS) is 11.4. The minimum Gasteiger partial charge on any atom is -0.490 e. The van der Waals surface area contributed by atoms with Gasteiger partial charge < -0.3 is 19.5 Å². The van der Waals surface area contributed by atoms with Gasteiger partial charge in [0.05, 0.1) is 30.9 Å². The highest BCUT2D eigenvalue weighted by Gasteiger charge is 2.37. The van der Waals surface area contributed by atoms with Crippen molar-refractivity contribution in [1.29, 1.82) is 0 Å². The van der Waals surface area contributed by atoms with Crippen LogP contribution in [0.3, 0.4) is 0 Å². The van der Waals surface area contributed by atoms with E-state index in [1.54, 1.807) is 18.2 Å². The lowest BCUT2D eigenvalue weighted by Crippen LogP contribution is -2.36. The lowest BCUT2D eigenvalue weighted by Gasteiger charge is -2.17. The SMILES string of the molecule is CCOc1cc(CNC(=O)Cn2c(=O)c(C(F)(F)F)nc3ccccc32)cc(OCC)c1OCC. The molecule has 1 N–H and O–H groups in total. The average Bonchev–Trinajstić information content (AvgIpc) is 2.81. The molecule has 0 aliphatic carbocycles. The molecule has 0 bridgehead atoms. The van der Waals surface area contributed by atoms with Crippen molar-refractivity contribution in [1.82, 2.24) is 14.9 Å². The molecule has 0 aliphatic rings. The van der Waals surface area contributed by atoms with Crippen LogP contribution in [0, 0.1) is 0 Å². The Morgan fingerprint density at radius 3 is 2.17 bits per heavy atom. The summed E-state index contributed by atoms with van der Waals surface area (Å²) in [6.45, 7) is 6.02. The number of benzene rings is 2. The van der Waals surface area contributed by atoms with E-state index < -0.39 is 29.9 Å². The first-order chi connectivity index (χ1) is 16.7. The fourth-order valence-corrected chi connectivity index (χ4v) is 3.48. The molecule has 0 unspecified atom stereocenters. The molecule has 1 amide bonds. The van der Waals surface area contributed by atoms with Crippen molar-refractivity contribution in [3.8, 4) is 17.2 Å². The highest BCUT2D eigenvalue weighted by Crippen LogP contribution is 2.39. The molecule has 0 saturated carbocycles. The summed E-state index contributed by atoms with van der Waals surface area (Å²) in [7, 11) is 0. The van der Waals surface area contributed by atoms with Crippen LogP contribution in [0.5, 0.6) is 17.2 Å². The standard InChI is InChI=1S/C24H26F3N3O5/c1-4-33-18-11-15(12-19(34-5-2)21(18)35-6-3)13-28-20(31)14-30-17-10-8-7-9-16(17)29-22(23(30)32)24(25,26)27/h7-12H,4-6,13-14H2,1-3H3,(H,28,31). The van der Waals surface area contributed by atoms with E-state index in [2.05, 4.69) is 10.3 Å². The van der Waals surface area contributed by atoms with Crippen molar-refractivity contribution in [2.75, 3.05) is 19.8 Å². The van der Waals surface area contributed by atoms with Gasteiger partial charge in [-0.3, -0.25) is 14.2 Å². The number of para-hydroxylation sites is 2. The van der Waals surface area contributed by atoms with Crippen LogP contribution in [0.15, 0.2) is 41.2 Å². The van der Waals surface area contributed by atoms with Gasteiger partial charge >= 0.3 is 6.18 Å². The van der Waals surface area contributed by atoms with Gasteiger partial charge in [0.1, 0.15) is 6.54 Å². The van der Waals surface area contributed by atoms with Gasteiger partial charge in [-0.1, -0.05) is 12.1 Å². The molecule has 0 radical (unpaired) electrons. The Bertz CT molecular complexity index is 1230. The zero-order valence-corrected chi connectivity index (χ0v) is 19.6. The van der Waals surface area contributed by atoms with Crippen molar-refractivity contribution < 1.29 is 32.2 Å². The molecular weight excluding hydrogens is 467 g/mol. The summed E-state index contributed by atoms with van der Waals surface area (Å²) in [5, 5.41) is 2.64. The topological polar surface area (TPSA) is 91.7 Å². The van der Waals surface area contributed by atoms with Crippen molar-refractivity contribution in [2.45, 2.75) is 40.0 Å². The minimum atomic E-state index is -4.95. The van der Waals surface area contributed by atoms with E-state index in [1.165, 1.54) is 18.2 Å². The average molecular weight is 493 g/mol. The van der Waals surface area contributed by atoms with Gasteiger partial charge in [-0.25, -0.2) is 4.98 Å². The first-order valence-electron chi connectivity index (χ1n) is 11.1. The van der Waals surface area contributed by atoms with E-state index in [4.69, 9.17) is 14.2 Å². The van der Waals surface area contributed by atoms with Gasteiger partial charge in [-0.15, -0.1) is 0 Å². The smallest absolute Gasteiger partial charge is 0.438 e. The number of nitrogens with one attached hydrogen (secondary N) is 1. The summed E-state index contributed by atoms with van der Waals surface area (Å²) in [5.74, 6) is 0.675. The summed E-state index contributed by atoms with van der Waals surface area (Å²) in [6.07, 6.45) is -4.95. The number of hydrogen-bond acceptors (Lipinski definition) is 6. The molecule has 188 valence electrons. The Morgan fingerprint density at radius 1 is 1.00 bits per heavy atom. The van der Waals surface area contributed by atoms with Crippen LogP contribution in [0.4, 0.5) is 13.2 Å². The van der Waals surface area contributed by atoms with E-state index in [0.29, 0.717) is 42.6 Å². The first-order valence-corrected chi connectivity index (χ1v) is 11.1. The number of fused-ring (bicyclic) bond motifs is 1. The van der Waals surface area contributed by atoms with Gasteiger partial charge in [0.2, 0.25) is 17.4 Å². The highest BCUT2D eigenvalue weighted by atomic mass is 19.4. The Morgan fingerprint density at radius 2 is 1.60 bits per heavy atom. The van der Waals surface area contributed by atoms with Crippen molar-refractivity contribution in [3.63, 3.8) is 0 Å². The van der Waals surface area contributed by atoms with Crippen molar-refractivity contribution in [2.24, 2.45) is 0 Å². The monoisotopic (exact) mass is 493 g/mol. The van der Waals surface area contributed by atoms with Gasteiger partial charge in [0.15, 0.2) is 11.5 Å². The molecule has 8 nitrogen and oxygen atoms in total. The van der Waals surface area contributed by atoms with E-state index in [9.17, 15) is 22.8 Å². The van der Waals surface area contributed by atoms with Crippen molar-refractivity contribution >= 4 is 16.9 Å². The van der Waals surface area contributed by atoms with E-state index in [1.807, 2.05) is 20.8 Å². The number of halogens is 3. The van der Waals surface area contributed by atoms with Crippen LogP contribution in [0.25, 0.3) is 11.0 Å². The Labute approximate surface area is 199 Å².